The molecule has 1 saturated heterocycles. The van der Waals surface area contributed by atoms with Gasteiger partial charge in [-0.05, 0) is 29.3 Å². The first kappa shape index (κ1) is 13.5. The van der Waals surface area contributed by atoms with Crippen LogP contribution in [0.4, 0.5) is 0 Å². The normalized spacial score (nSPS) is 20.1. The third-order valence-electron chi connectivity index (χ3n) is 3.35. The molecule has 1 unspecified atom stereocenters. The molecule has 0 saturated carbocycles. The summed E-state index contributed by atoms with van der Waals surface area (Å²) in [5, 5.41) is 4.26. The van der Waals surface area contributed by atoms with Crippen molar-refractivity contribution in [2.24, 2.45) is 0 Å². The molecule has 3 rings (SSSR count). The molecule has 0 radical (unpaired) electrons. The molecule has 2 aromatic rings. The van der Waals surface area contributed by atoms with Crippen LogP contribution in [0, 0.1) is 6.92 Å². The highest BCUT2D eigenvalue weighted by Gasteiger charge is 2.23. The summed E-state index contributed by atoms with van der Waals surface area (Å²) in [6.45, 7) is 5.06. The van der Waals surface area contributed by atoms with Crippen molar-refractivity contribution in [1.82, 2.24) is 14.9 Å². The Morgan fingerprint density at radius 2 is 2.50 bits per heavy atom. The number of aromatic amines is 1. The average molecular weight is 291 g/mol. The number of aromatic nitrogens is 2. The molecule has 106 valence electrons. The summed E-state index contributed by atoms with van der Waals surface area (Å²) in [4.78, 5) is 20.9. The Hall–Kier alpha value is -1.50. The number of hydrogen-bond donors (Lipinski definition) is 1. The van der Waals surface area contributed by atoms with E-state index in [1.165, 1.54) is 11.6 Å². The fourth-order valence-electron chi connectivity index (χ4n) is 2.43. The number of aryl methyl sites for hydroxylation is 1. The molecule has 3 heterocycles. The van der Waals surface area contributed by atoms with Gasteiger partial charge in [-0.2, -0.15) is 11.3 Å². The van der Waals surface area contributed by atoms with Crippen molar-refractivity contribution < 1.29 is 4.74 Å². The van der Waals surface area contributed by atoms with Gasteiger partial charge < -0.3 is 9.72 Å². The number of H-pyrrole nitrogens is 1. The molecule has 0 bridgehead atoms. The number of rotatable bonds is 3. The molecule has 1 aliphatic heterocycles. The zero-order chi connectivity index (χ0) is 13.9. The lowest BCUT2D eigenvalue weighted by Crippen LogP contribution is -2.38. The highest BCUT2D eigenvalue weighted by atomic mass is 32.1. The molecule has 1 aliphatic rings. The standard InChI is InChI=1S/C14H17N3O2S/c1-10-15-12(6-14(18)16-10)13-8-17(3-4-19-13)7-11-2-5-20-9-11/h2,5-6,9,13H,3-4,7-8H2,1H3,(H,15,16,18). The van der Waals surface area contributed by atoms with E-state index in [1.54, 1.807) is 18.3 Å². The van der Waals surface area contributed by atoms with Crippen molar-refractivity contribution in [3.05, 3.63) is 50.3 Å². The van der Waals surface area contributed by atoms with Gasteiger partial charge in [0.15, 0.2) is 0 Å². The largest absolute Gasteiger partial charge is 0.369 e. The number of ether oxygens (including phenoxy) is 1. The Bertz CT molecular complexity index is 624. The summed E-state index contributed by atoms with van der Waals surface area (Å²) in [7, 11) is 0. The number of nitrogens with zero attached hydrogens (tertiary/aromatic N) is 2. The lowest BCUT2D eigenvalue weighted by atomic mass is 10.2. The molecular weight excluding hydrogens is 274 g/mol. The smallest absolute Gasteiger partial charge is 0.251 e. The fraction of sp³-hybridized carbons (Fsp3) is 0.429. The monoisotopic (exact) mass is 291 g/mol. The molecule has 1 N–H and O–H groups in total. The first-order valence-corrected chi connectivity index (χ1v) is 7.58. The lowest BCUT2D eigenvalue weighted by molar-refractivity contribution is -0.0351. The molecule has 5 nitrogen and oxygen atoms in total. The zero-order valence-corrected chi connectivity index (χ0v) is 12.2. The highest BCUT2D eigenvalue weighted by molar-refractivity contribution is 7.07. The van der Waals surface area contributed by atoms with E-state index in [4.69, 9.17) is 4.74 Å². The van der Waals surface area contributed by atoms with Crippen LogP contribution < -0.4 is 5.56 Å². The van der Waals surface area contributed by atoms with Crippen molar-refractivity contribution >= 4 is 11.3 Å². The van der Waals surface area contributed by atoms with Gasteiger partial charge in [0, 0.05) is 25.7 Å². The van der Waals surface area contributed by atoms with Crippen LogP contribution in [0.1, 0.15) is 23.2 Å². The number of morpholine rings is 1. The number of nitrogens with one attached hydrogen (secondary N) is 1. The second-order valence-electron chi connectivity index (χ2n) is 4.98. The number of thiophene rings is 1. The van der Waals surface area contributed by atoms with E-state index in [0.29, 0.717) is 12.4 Å². The SMILES string of the molecule is Cc1nc(C2CN(Cc3ccsc3)CCO2)cc(=O)[nH]1. The quantitative estimate of drug-likeness (QED) is 0.935. The molecular formula is C14H17N3O2S. The minimum absolute atomic E-state index is 0.119. The highest BCUT2D eigenvalue weighted by Crippen LogP contribution is 2.21. The maximum absolute atomic E-state index is 11.5. The summed E-state index contributed by atoms with van der Waals surface area (Å²) < 4.78 is 5.77. The second kappa shape index (κ2) is 5.87. The molecule has 0 spiro atoms. The van der Waals surface area contributed by atoms with E-state index in [1.807, 2.05) is 0 Å². The van der Waals surface area contributed by atoms with Crippen LogP contribution in [0.5, 0.6) is 0 Å². The van der Waals surface area contributed by atoms with Gasteiger partial charge >= 0.3 is 0 Å². The lowest BCUT2D eigenvalue weighted by Gasteiger charge is -2.32. The van der Waals surface area contributed by atoms with Gasteiger partial charge in [0.25, 0.3) is 5.56 Å². The minimum Gasteiger partial charge on any atom is -0.369 e. The molecule has 1 atom stereocenters. The van der Waals surface area contributed by atoms with Gasteiger partial charge in [-0.15, -0.1) is 0 Å². The zero-order valence-electron chi connectivity index (χ0n) is 11.3. The summed E-state index contributed by atoms with van der Waals surface area (Å²) >= 11 is 1.71. The molecule has 0 aliphatic carbocycles. The van der Waals surface area contributed by atoms with Crippen molar-refractivity contribution in [3.63, 3.8) is 0 Å². The van der Waals surface area contributed by atoms with Crippen molar-refractivity contribution in [1.29, 1.82) is 0 Å². The predicted octanol–water partition coefficient (Wildman–Crippen LogP) is 1.71. The third kappa shape index (κ3) is 3.15. The molecule has 0 aromatic carbocycles. The summed E-state index contributed by atoms with van der Waals surface area (Å²) in [5.74, 6) is 0.631. The van der Waals surface area contributed by atoms with E-state index >= 15 is 0 Å². The Kier molecular flexibility index (Phi) is 3.95. The van der Waals surface area contributed by atoms with Crippen molar-refractivity contribution in [2.75, 3.05) is 19.7 Å². The Morgan fingerprint density at radius 1 is 1.60 bits per heavy atom. The molecule has 2 aromatic heterocycles. The van der Waals surface area contributed by atoms with E-state index in [9.17, 15) is 4.79 Å². The first-order chi connectivity index (χ1) is 9.70. The molecule has 1 fully saturated rings. The Labute approximate surface area is 121 Å². The fourth-order valence-corrected chi connectivity index (χ4v) is 3.09. The van der Waals surface area contributed by atoms with Crippen LogP contribution in [0.25, 0.3) is 0 Å². The average Bonchev–Trinajstić information content (AvgIpc) is 2.91. The Balaban J connectivity index is 1.72. The van der Waals surface area contributed by atoms with Crippen LogP contribution in [-0.2, 0) is 11.3 Å². The van der Waals surface area contributed by atoms with Gasteiger partial charge in [-0.1, -0.05) is 0 Å². The Morgan fingerprint density at radius 3 is 3.25 bits per heavy atom. The molecule has 6 heteroatoms. The maximum atomic E-state index is 11.5. The minimum atomic E-state index is -0.122. The summed E-state index contributed by atoms with van der Waals surface area (Å²) in [5.41, 5.74) is 1.93. The predicted molar refractivity (Wildman–Crippen MR) is 77.9 cm³/mol. The van der Waals surface area contributed by atoms with Crippen LogP contribution in [0.3, 0.4) is 0 Å². The van der Waals surface area contributed by atoms with Gasteiger partial charge in [0.05, 0.1) is 12.3 Å². The van der Waals surface area contributed by atoms with Gasteiger partial charge in [0.2, 0.25) is 0 Å². The summed E-state index contributed by atoms with van der Waals surface area (Å²) in [6.07, 6.45) is -0.122. The second-order valence-corrected chi connectivity index (χ2v) is 5.76. The van der Waals surface area contributed by atoms with Crippen LogP contribution >= 0.6 is 11.3 Å². The van der Waals surface area contributed by atoms with Gasteiger partial charge in [-0.3, -0.25) is 9.69 Å². The molecule has 20 heavy (non-hydrogen) atoms. The molecule has 0 amide bonds. The van der Waals surface area contributed by atoms with Crippen LogP contribution in [-0.4, -0.2) is 34.6 Å². The van der Waals surface area contributed by atoms with Crippen LogP contribution in [0.15, 0.2) is 27.7 Å². The third-order valence-corrected chi connectivity index (χ3v) is 4.08. The maximum Gasteiger partial charge on any atom is 0.251 e. The van der Waals surface area contributed by atoms with Crippen LogP contribution in [0.2, 0.25) is 0 Å². The van der Waals surface area contributed by atoms with Crippen molar-refractivity contribution in [3.8, 4) is 0 Å². The van der Waals surface area contributed by atoms with E-state index in [0.717, 1.165) is 25.3 Å². The first-order valence-electron chi connectivity index (χ1n) is 6.63. The van der Waals surface area contributed by atoms with E-state index in [2.05, 4.69) is 31.7 Å². The van der Waals surface area contributed by atoms with Crippen molar-refractivity contribution in [2.45, 2.75) is 19.6 Å². The topological polar surface area (TPSA) is 58.2 Å². The van der Waals surface area contributed by atoms with E-state index < -0.39 is 0 Å². The van der Waals surface area contributed by atoms with E-state index in [-0.39, 0.29) is 11.7 Å². The summed E-state index contributed by atoms with van der Waals surface area (Å²) in [6, 6.07) is 3.68. The van der Waals surface area contributed by atoms with Gasteiger partial charge in [0.1, 0.15) is 11.9 Å². The van der Waals surface area contributed by atoms with Gasteiger partial charge in [-0.25, -0.2) is 4.98 Å². The number of hydrogen-bond acceptors (Lipinski definition) is 5.